The van der Waals surface area contributed by atoms with Gasteiger partial charge in [-0.05, 0) is 6.42 Å². The molecule has 0 saturated heterocycles. The summed E-state index contributed by atoms with van der Waals surface area (Å²) in [6, 6.07) is 0.0784. The highest BCUT2D eigenvalue weighted by Gasteiger charge is 2.12. The van der Waals surface area contributed by atoms with Crippen molar-refractivity contribution in [1.29, 1.82) is 0 Å². The standard InChI is InChI=1S/C11H12ClN3O/c1-3-5-8(4-2)15-11-9(6-16)10(12)13-7-14-11/h1,6-8H,4-5H2,2H3,(H,13,14,15). The van der Waals surface area contributed by atoms with Crippen LogP contribution < -0.4 is 5.32 Å². The number of carbonyl (C=O) groups excluding carboxylic acids is 1. The van der Waals surface area contributed by atoms with Crippen LogP contribution in [-0.2, 0) is 0 Å². The second kappa shape index (κ2) is 6.09. The van der Waals surface area contributed by atoms with Crippen LogP contribution in [0.25, 0.3) is 0 Å². The van der Waals surface area contributed by atoms with Crippen LogP contribution in [-0.4, -0.2) is 22.3 Å². The van der Waals surface area contributed by atoms with Crippen LogP contribution in [0.2, 0.25) is 5.15 Å². The molecule has 0 aromatic carbocycles. The third kappa shape index (κ3) is 2.94. The van der Waals surface area contributed by atoms with Crippen molar-refractivity contribution in [3.05, 3.63) is 17.0 Å². The second-order valence-electron chi connectivity index (χ2n) is 3.20. The summed E-state index contributed by atoms with van der Waals surface area (Å²) in [7, 11) is 0. The molecule has 16 heavy (non-hydrogen) atoms. The van der Waals surface area contributed by atoms with Gasteiger partial charge in [0.25, 0.3) is 0 Å². The predicted octanol–water partition coefficient (Wildman–Crippen LogP) is 2.16. The number of halogens is 1. The Morgan fingerprint density at radius 1 is 1.69 bits per heavy atom. The molecule has 5 heteroatoms. The van der Waals surface area contributed by atoms with Crippen LogP contribution in [0.1, 0.15) is 30.1 Å². The van der Waals surface area contributed by atoms with E-state index in [9.17, 15) is 4.79 Å². The van der Waals surface area contributed by atoms with Crippen LogP contribution in [0, 0.1) is 12.3 Å². The van der Waals surface area contributed by atoms with E-state index in [2.05, 4.69) is 21.2 Å². The lowest BCUT2D eigenvalue weighted by molar-refractivity contribution is 0.112. The molecule has 0 aliphatic rings. The molecule has 0 aliphatic heterocycles. The fourth-order valence-electron chi connectivity index (χ4n) is 1.23. The van der Waals surface area contributed by atoms with Gasteiger partial charge >= 0.3 is 0 Å². The molecule has 0 bridgehead atoms. The summed E-state index contributed by atoms with van der Waals surface area (Å²) in [4.78, 5) is 18.5. The minimum atomic E-state index is 0.0784. The van der Waals surface area contributed by atoms with Gasteiger partial charge in [0.15, 0.2) is 6.29 Å². The minimum Gasteiger partial charge on any atom is -0.366 e. The van der Waals surface area contributed by atoms with E-state index in [-0.39, 0.29) is 16.8 Å². The molecule has 1 aromatic heterocycles. The highest BCUT2D eigenvalue weighted by atomic mass is 35.5. The summed E-state index contributed by atoms with van der Waals surface area (Å²) in [5.41, 5.74) is 0.264. The topological polar surface area (TPSA) is 54.9 Å². The van der Waals surface area contributed by atoms with Gasteiger partial charge in [-0.1, -0.05) is 18.5 Å². The Bertz CT molecular complexity index is 414. The largest absolute Gasteiger partial charge is 0.366 e. The van der Waals surface area contributed by atoms with Gasteiger partial charge in [-0.15, -0.1) is 12.3 Å². The SMILES string of the molecule is C#CCC(CC)Nc1ncnc(Cl)c1C=O. The molecular weight excluding hydrogens is 226 g/mol. The van der Waals surface area contributed by atoms with E-state index in [1.807, 2.05) is 6.92 Å². The van der Waals surface area contributed by atoms with E-state index in [1.54, 1.807) is 0 Å². The summed E-state index contributed by atoms with van der Waals surface area (Å²) >= 11 is 5.77. The number of nitrogens with one attached hydrogen (secondary N) is 1. The van der Waals surface area contributed by atoms with Crippen LogP contribution >= 0.6 is 11.6 Å². The molecule has 0 radical (unpaired) electrons. The van der Waals surface area contributed by atoms with E-state index < -0.39 is 0 Å². The van der Waals surface area contributed by atoms with Gasteiger partial charge in [-0.25, -0.2) is 9.97 Å². The summed E-state index contributed by atoms with van der Waals surface area (Å²) < 4.78 is 0. The van der Waals surface area contributed by atoms with Crippen molar-refractivity contribution in [1.82, 2.24) is 9.97 Å². The zero-order valence-corrected chi connectivity index (χ0v) is 9.66. The smallest absolute Gasteiger partial charge is 0.156 e. The number of aromatic nitrogens is 2. The highest BCUT2D eigenvalue weighted by molar-refractivity contribution is 6.32. The van der Waals surface area contributed by atoms with E-state index in [0.29, 0.717) is 18.5 Å². The van der Waals surface area contributed by atoms with Crippen molar-refractivity contribution in [2.75, 3.05) is 5.32 Å². The number of carbonyl (C=O) groups is 1. The van der Waals surface area contributed by atoms with Crippen molar-refractivity contribution in [2.24, 2.45) is 0 Å². The second-order valence-corrected chi connectivity index (χ2v) is 3.56. The van der Waals surface area contributed by atoms with Crippen LogP contribution in [0.4, 0.5) is 5.82 Å². The van der Waals surface area contributed by atoms with E-state index in [0.717, 1.165) is 6.42 Å². The van der Waals surface area contributed by atoms with Crippen LogP contribution in [0.5, 0.6) is 0 Å². The quantitative estimate of drug-likeness (QED) is 0.484. The average molecular weight is 238 g/mol. The molecule has 1 N–H and O–H groups in total. The number of aldehydes is 1. The number of hydrogen-bond acceptors (Lipinski definition) is 4. The van der Waals surface area contributed by atoms with Gasteiger partial charge in [0, 0.05) is 12.5 Å². The molecule has 1 aromatic rings. The van der Waals surface area contributed by atoms with E-state index in [4.69, 9.17) is 18.0 Å². The van der Waals surface area contributed by atoms with Crippen molar-refractivity contribution in [3.63, 3.8) is 0 Å². The Hall–Kier alpha value is -1.60. The molecule has 0 amide bonds. The molecule has 1 atom stereocenters. The van der Waals surface area contributed by atoms with Crippen LogP contribution in [0.3, 0.4) is 0 Å². The molecule has 0 spiro atoms. The zero-order chi connectivity index (χ0) is 12.0. The molecule has 84 valence electrons. The van der Waals surface area contributed by atoms with Crippen molar-refractivity contribution >= 4 is 23.7 Å². The van der Waals surface area contributed by atoms with Gasteiger partial charge in [-0.3, -0.25) is 4.79 Å². The molecule has 1 unspecified atom stereocenters. The zero-order valence-electron chi connectivity index (χ0n) is 8.90. The molecule has 1 rings (SSSR count). The van der Waals surface area contributed by atoms with Gasteiger partial charge in [-0.2, -0.15) is 0 Å². The van der Waals surface area contributed by atoms with E-state index >= 15 is 0 Å². The maximum atomic E-state index is 10.8. The van der Waals surface area contributed by atoms with Crippen LogP contribution in [0.15, 0.2) is 6.33 Å². The third-order valence-corrected chi connectivity index (χ3v) is 2.45. The Morgan fingerprint density at radius 3 is 3.00 bits per heavy atom. The van der Waals surface area contributed by atoms with Gasteiger partial charge in [0.2, 0.25) is 0 Å². The predicted molar refractivity (Wildman–Crippen MR) is 63.6 cm³/mol. The first-order valence-electron chi connectivity index (χ1n) is 4.88. The Kier molecular flexibility index (Phi) is 4.74. The summed E-state index contributed by atoms with van der Waals surface area (Å²) in [5.74, 6) is 2.99. The minimum absolute atomic E-state index is 0.0784. The van der Waals surface area contributed by atoms with Gasteiger partial charge < -0.3 is 5.32 Å². The fourth-order valence-corrected chi connectivity index (χ4v) is 1.40. The van der Waals surface area contributed by atoms with Crippen molar-refractivity contribution in [3.8, 4) is 12.3 Å². The maximum Gasteiger partial charge on any atom is 0.156 e. The lowest BCUT2D eigenvalue weighted by atomic mass is 10.1. The normalized spacial score (nSPS) is 11.6. The first kappa shape index (κ1) is 12.5. The van der Waals surface area contributed by atoms with Gasteiger partial charge in [0.1, 0.15) is 17.3 Å². The fraction of sp³-hybridized carbons (Fsp3) is 0.364. The number of hydrogen-bond donors (Lipinski definition) is 1. The number of rotatable bonds is 5. The first-order chi connectivity index (χ1) is 7.72. The Balaban J connectivity index is 2.92. The highest BCUT2D eigenvalue weighted by Crippen LogP contribution is 2.19. The molecule has 4 nitrogen and oxygen atoms in total. The molecular formula is C11H12ClN3O. The first-order valence-corrected chi connectivity index (χ1v) is 5.26. The Labute approximate surface area is 99.4 Å². The average Bonchev–Trinajstić information content (AvgIpc) is 2.28. The Morgan fingerprint density at radius 2 is 2.44 bits per heavy atom. The number of anilines is 1. The summed E-state index contributed by atoms with van der Waals surface area (Å²) in [6.07, 6.45) is 8.58. The number of terminal acetylenes is 1. The maximum absolute atomic E-state index is 10.8. The third-order valence-electron chi connectivity index (χ3n) is 2.15. The molecule has 1 heterocycles. The van der Waals surface area contributed by atoms with Gasteiger partial charge in [0.05, 0.1) is 5.56 Å². The number of nitrogens with zero attached hydrogens (tertiary/aromatic N) is 2. The molecule has 0 saturated carbocycles. The monoisotopic (exact) mass is 237 g/mol. The lowest BCUT2D eigenvalue weighted by Gasteiger charge is -2.15. The van der Waals surface area contributed by atoms with E-state index in [1.165, 1.54) is 6.33 Å². The van der Waals surface area contributed by atoms with Crippen molar-refractivity contribution in [2.45, 2.75) is 25.8 Å². The van der Waals surface area contributed by atoms with Crippen molar-refractivity contribution < 1.29 is 4.79 Å². The lowest BCUT2D eigenvalue weighted by Crippen LogP contribution is -2.19. The summed E-state index contributed by atoms with van der Waals surface area (Å²) in [5, 5.41) is 3.22. The summed E-state index contributed by atoms with van der Waals surface area (Å²) in [6.45, 7) is 2.00. The molecule has 0 aliphatic carbocycles. The molecule has 0 fully saturated rings.